The van der Waals surface area contributed by atoms with Crippen molar-refractivity contribution in [3.8, 4) is 0 Å². The van der Waals surface area contributed by atoms with Crippen molar-refractivity contribution in [3.05, 3.63) is 53.4 Å². The zero-order valence-corrected chi connectivity index (χ0v) is 10.9. The molecule has 8 heteroatoms. The van der Waals surface area contributed by atoms with Gasteiger partial charge in [-0.1, -0.05) is 0 Å². The molecule has 1 atom stereocenters. The van der Waals surface area contributed by atoms with Crippen LogP contribution in [0, 0.1) is 11.6 Å². The highest BCUT2D eigenvalue weighted by atomic mass is 19.2. The molecule has 0 aliphatic rings. The van der Waals surface area contributed by atoms with E-state index in [1.165, 1.54) is 17.1 Å². The number of hydrogen-bond donors (Lipinski definition) is 2. The van der Waals surface area contributed by atoms with Gasteiger partial charge in [-0.3, -0.25) is 9.48 Å². The molecule has 21 heavy (non-hydrogen) atoms. The number of halogens is 2. The first-order chi connectivity index (χ1) is 9.88. The van der Waals surface area contributed by atoms with E-state index in [0.717, 1.165) is 12.1 Å². The van der Waals surface area contributed by atoms with Gasteiger partial charge in [0.15, 0.2) is 17.7 Å². The van der Waals surface area contributed by atoms with Crippen LogP contribution >= 0.6 is 0 Å². The van der Waals surface area contributed by atoms with Crippen LogP contribution in [0.1, 0.15) is 22.0 Å². The Morgan fingerprint density at radius 3 is 2.57 bits per heavy atom. The van der Waals surface area contributed by atoms with E-state index in [-0.39, 0.29) is 11.1 Å². The fourth-order valence-corrected chi connectivity index (χ4v) is 1.73. The molecule has 0 saturated heterocycles. The Morgan fingerprint density at radius 2 is 2.05 bits per heavy atom. The fourth-order valence-electron chi connectivity index (χ4n) is 1.73. The second-order valence-electron chi connectivity index (χ2n) is 4.32. The summed E-state index contributed by atoms with van der Waals surface area (Å²) in [6.07, 6.45) is 2.73. The van der Waals surface area contributed by atoms with E-state index < -0.39 is 29.6 Å². The third kappa shape index (κ3) is 3.22. The average molecular weight is 295 g/mol. The predicted molar refractivity (Wildman–Crippen MR) is 67.4 cm³/mol. The van der Waals surface area contributed by atoms with Crippen LogP contribution in [-0.4, -0.2) is 26.8 Å². The Labute approximate surface area is 118 Å². The second-order valence-corrected chi connectivity index (χ2v) is 4.32. The summed E-state index contributed by atoms with van der Waals surface area (Å²) in [5, 5.41) is 15.2. The lowest BCUT2D eigenvalue weighted by molar-refractivity contribution is -0.139. The molecule has 0 fully saturated rings. The fraction of sp³-hybridized carbons (Fsp3) is 0.154. The first kappa shape index (κ1) is 14.6. The highest BCUT2D eigenvalue weighted by Crippen LogP contribution is 2.14. The number of nitrogens with one attached hydrogen (secondary N) is 1. The number of benzene rings is 1. The lowest BCUT2D eigenvalue weighted by Crippen LogP contribution is -2.33. The van der Waals surface area contributed by atoms with E-state index in [0.29, 0.717) is 6.07 Å². The molecule has 1 heterocycles. The minimum absolute atomic E-state index is 0.177. The number of hydrogen-bond acceptors (Lipinski definition) is 3. The molecule has 2 rings (SSSR count). The zero-order valence-electron chi connectivity index (χ0n) is 10.9. The van der Waals surface area contributed by atoms with Crippen LogP contribution in [0.15, 0.2) is 30.6 Å². The van der Waals surface area contributed by atoms with Crippen molar-refractivity contribution >= 4 is 11.9 Å². The highest BCUT2D eigenvalue weighted by molar-refractivity contribution is 5.96. The number of carboxylic acid groups (broad SMARTS) is 1. The molecule has 6 nitrogen and oxygen atoms in total. The van der Waals surface area contributed by atoms with Crippen LogP contribution in [0.3, 0.4) is 0 Å². The predicted octanol–water partition coefficient (Wildman–Crippen LogP) is 1.25. The van der Waals surface area contributed by atoms with Crippen molar-refractivity contribution < 1.29 is 23.5 Å². The number of carbonyl (C=O) groups is 2. The van der Waals surface area contributed by atoms with Crippen molar-refractivity contribution in [1.29, 1.82) is 0 Å². The van der Waals surface area contributed by atoms with Crippen molar-refractivity contribution in [2.45, 2.75) is 6.04 Å². The summed E-state index contributed by atoms with van der Waals surface area (Å²) in [5.74, 6) is -4.39. The summed E-state index contributed by atoms with van der Waals surface area (Å²) in [5.41, 5.74) is 0.0879. The molecule has 0 saturated carbocycles. The van der Waals surface area contributed by atoms with Gasteiger partial charge in [-0.05, 0) is 18.2 Å². The quantitative estimate of drug-likeness (QED) is 0.889. The molecular formula is C13H11F2N3O3. The number of nitrogens with zero attached hydrogens (tertiary/aromatic N) is 2. The number of aromatic nitrogens is 2. The number of aliphatic carboxylic acids is 1. The van der Waals surface area contributed by atoms with Crippen molar-refractivity contribution in [1.82, 2.24) is 15.1 Å². The molecule has 1 aromatic carbocycles. The second kappa shape index (κ2) is 5.70. The number of carboxylic acids is 1. The van der Waals surface area contributed by atoms with Crippen molar-refractivity contribution in [3.63, 3.8) is 0 Å². The van der Waals surface area contributed by atoms with E-state index >= 15 is 0 Å². The van der Waals surface area contributed by atoms with Crippen LogP contribution in [0.25, 0.3) is 0 Å². The Hall–Kier alpha value is -2.77. The van der Waals surface area contributed by atoms with Crippen molar-refractivity contribution in [2.24, 2.45) is 7.05 Å². The third-order valence-corrected chi connectivity index (χ3v) is 2.76. The lowest BCUT2D eigenvalue weighted by atomic mass is 10.1. The van der Waals surface area contributed by atoms with Gasteiger partial charge in [0.25, 0.3) is 5.91 Å². The molecule has 0 aliphatic carbocycles. The van der Waals surface area contributed by atoms with Crippen LogP contribution in [0.2, 0.25) is 0 Å². The Kier molecular flexibility index (Phi) is 3.97. The van der Waals surface area contributed by atoms with Crippen LogP contribution in [0.5, 0.6) is 0 Å². The van der Waals surface area contributed by atoms with Gasteiger partial charge in [-0.2, -0.15) is 5.10 Å². The average Bonchev–Trinajstić information content (AvgIpc) is 2.84. The van der Waals surface area contributed by atoms with Gasteiger partial charge < -0.3 is 10.4 Å². The first-order valence-electron chi connectivity index (χ1n) is 5.85. The summed E-state index contributed by atoms with van der Waals surface area (Å²) < 4.78 is 27.3. The molecule has 0 bridgehead atoms. The van der Waals surface area contributed by atoms with Gasteiger partial charge in [0, 0.05) is 24.4 Å². The standard InChI is InChI=1S/C13H11F2N3O3/c1-18-6-8(5-16-18)11(13(20)21)17-12(19)7-2-3-9(14)10(15)4-7/h2-6,11H,1H3,(H,17,19)(H,20,21). The topological polar surface area (TPSA) is 84.2 Å². The van der Waals surface area contributed by atoms with E-state index in [1.807, 2.05) is 0 Å². The van der Waals surface area contributed by atoms with E-state index in [2.05, 4.69) is 10.4 Å². The third-order valence-electron chi connectivity index (χ3n) is 2.76. The Morgan fingerprint density at radius 1 is 1.33 bits per heavy atom. The van der Waals surface area contributed by atoms with Gasteiger partial charge in [-0.15, -0.1) is 0 Å². The maximum absolute atomic E-state index is 13.1. The van der Waals surface area contributed by atoms with E-state index in [9.17, 15) is 18.4 Å². The SMILES string of the molecule is Cn1cc(C(NC(=O)c2ccc(F)c(F)c2)C(=O)O)cn1. The van der Waals surface area contributed by atoms with Gasteiger partial charge in [0.1, 0.15) is 0 Å². The number of rotatable bonds is 4. The molecule has 0 radical (unpaired) electrons. The van der Waals surface area contributed by atoms with Gasteiger partial charge in [0.05, 0.1) is 6.20 Å². The first-order valence-corrected chi connectivity index (χ1v) is 5.85. The molecule has 1 unspecified atom stereocenters. The molecule has 0 spiro atoms. The molecule has 1 aromatic heterocycles. The molecule has 2 N–H and O–H groups in total. The summed E-state index contributed by atoms with van der Waals surface area (Å²) in [6, 6.07) is 1.23. The molecule has 0 aliphatic heterocycles. The van der Waals surface area contributed by atoms with Gasteiger partial charge in [0.2, 0.25) is 0 Å². The largest absolute Gasteiger partial charge is 0.479 e. The summed E-state index contributed by atoms with van der Waals surface area (Å²) in [7, 11) is 1.60. The number of carbonyl (C=O) groups excluding carboxylic acids is 1. The lowest BCUT2D eigenvalue weighted by Gasteiger charge is -2.13. The molecule has 2 aromatic rings. The smallest absolute Gasteiger partial charge is 0.331 e. The highest BCUT2D eigenvalue weighted by Gasteiger charge is 2.24. The molecule has 110 valence electrons. The minimum Gasteiger partial charge on any atom is -0.479 e. The summed E-state index contributed by atoms with van der Waals surface area (Å²) in [6.45, 7) is 0. The zero-order chi connectivity index (χ0) is 15.6. The minimum atomic E-state index is -1.33. The van der Waals surface area contributed by atoms with Gasteiger partial charge >= 0.3 is 5.97 Å². The Bertz CT molecular complexity index is 700. The normalized spacial score (nSPS) is 12.0. The van der Waals surface area contributed by atoms with Crippen LogP contribution < -0.4 is 5.32 Å². The van der Waals surface area contributed by atoms with Crippen molar-refractivity contribution in [2.75, 3.05) is 0 Å². The van der Waals surface area contributed by atoms with Gasteiger partial charge in [-0.25, -0.2) is 13.6 Å². The maximum Gasteiger partial charge on any atom is 0.331 e. The monoisotopic (exact) mass is 295 g/mol. The van der Waals surface area contributed by atoms with E-state index in [1.54, 1.807) is 7.05 Å². The van der Waals surface area contributed by atoms with Crippen LogP contribution in [-0.2, 0) is 11.8 Å². The van der Waals surface area contributed by atoms with Crippen LogP contribution in [0.4, 0.5) is 8.78 Å². The molecule has 1 amide bonds. The number of aryl methyl sites for hydroxylation is 1. The number of amides is 1. The van der Waals surface area contributed by atoms with E-state index in [4.69, 9.17) is 5.11 Å². The maximum atomic E-state index is 13.1. The Balaban J connectivity index is 2.22. The summed E-state index contributed by atoms with van der Waals surface area (Å²) in [4.78, 5) is 23.1. The summed E-state index contributed by atoms with van der Waals surface area (Å²) >= 11 is 0. The molecular weight excluding hydrogens is 284 g/mol.